The molecule has 102 heavy (non-hydrogen) atoms. The van der Waals surface area contributed by atoms with Crippen molar-refractivity contribution >= 4 is 39.5 Å². The zero-order valence-electron chi connectivity index (χ0n) is 64.8. The summed E-state index contributed by atoms with van der Waals surface area (Å²) < 4.78 is 68.6. The summed E-state index contributed by atoms with van der Waals surface area (Å²) in [4.78, 5) is 73.0. The van der Waals surface area contributed by atoms with Gasteiger partial charge < -0.3 is 33.8 Å². The molecule has 3 N–H and O–H groups in total. The van der Waals surface area contributed by atoms with Crippen molar-refractivity contribution < 1.29 is 80.2 Å². The lowest BCUT2D eigenvalue weighted by molar-refractivity contribution is -0.161. The Morgan fingerprint density at radius 3 is 0.814 bits per heavy atom. The molecule has 0 saturated carbocycles. The van der Waals surface area contributed by atoms with Crippen molar-refractivity contribution in [1.29, 1.82) is 0 Å². The molecule has 0 radical (unpaired) electrons. The number of carbonyl (C=O) groups is 4. The zero-order valence-corrected chi connectivity index (χ0v) is 66.6. The van der Waals surface area contributed by atoms with Crippen LogP contribution in [0.15, 0.2) is 85.1 Å². The van der Waals surface area contributed by atoms with Crippen LogP contribution in [0.25, 0.3) is 0 Å². The molecule has 0 aromatic carbocycles. The molecular formula is C83H148O17P2. The Kier molecular flexibility index (Phi) is 72.7. The lowest BCUT2D eigenvalue weighted by Gasteiger charge is -2.21. The maximum absolute atomic E-state index is 13.1. The molecule has 0 bridgehead atoms. The summed E-state index contributed by atoms with van der Waals surface area (Å²) in [6.45, 7) is 4.79. The monoisotopic (exact) mass is 1480 g/mol. The molecule has 0 aliphatic rings. The number of carbonyl (C=O) groups excluding carboxylic acids is 4. The smallest absolute Gasteiger partial charge is 0.462 e. The number of phosphoric acid groups is 2. The average molecular weight is 1480 g/mol. The van der Waals surface area contributed by atoms with Crippen LogP contribution in [-0.4, -0.2) is 96.7 Å². The Bertz CT molecular complexity index is 2260. The van der Waals surface area contributed by atoms with Crippen LogP contribution in [0, 0.1) is 0 Å². The number of unbranched alkanes of at least 4 members (excludes halogenated alkanes) is 37. The number of phosphoric ester groups is 2. The first kappa shape index (κ1) is 98.2. The van der Waals surface area contributed by atoms with Gasteiger partial charge in [0.25, 0.3) is 0 Å². The minimum absolute atomic E-state index is 0.0190. The van der Waals surface area contributed by atoms with E-state index < -0.39 is 97.5 Å². The predicted octanol–water partition coefficient (Wildman–Crippen LogP) is 23.8. The Morgan fingerprint density at radius 2 is 0.490 bits per heavy atom. The first-order chi connectivity index (χ1) is 49.7. The van der Waals surface area contributed by atoms with Gasteiger partial charge in [-0.15, -0.1) is 0 Å². The minimum atomic E-state index is -4.99. The van der Waals surface area contributed by atoms with Crippen molar-refractivity contribution in [2.24, 2.45) is 0 Å². The van der Waals surface area contributed by atoms with E-state index in [0.717, 1.165) is 141 Å². The van der Waals surface area contributed by atoms with E-state index in [1.807, 2.05) is 12.2 Å². The zero-order chi connectivity index (χ0) is 74.6. The van der Waals surface area contributed by atoms with E-state index >= 15 is 0 Å². The summed E-state index contributed by atoms with van der Waals surface area (Å²) in [5.41, 5.74) is 0. The van der Waals surface area contributed by atoms with E-state index in [4.69, 9.17) is 37.0 Å². The van der Waals surface area contributed by atoms with Gasteiger partial charge in [-0.05, 0) is 141 Å². The second kappa shape index (κ2) is 75.5. The van der Waals surface area contributed by atoms with E-state index in [1.54, 1.807) is 0 Å². The van der Waals surface area contributed by atoms with Crippen molar-refractivity contribution in [3.63, 3.8) is 0 Å². The highest BCUT2D eigenvalue weighted by Crippen LogP contribution is 2.45. The molecule has 0 aromatic heterocycles. The Hall–Kier alpha value is -3.76. The number of hydrogen-bond acceptors (Lipinski definition) is 15. The number of allylic oxidation sites excluding steroid dienone is 14. The van der Waals surface area contributed by atoms with Crippen molar-refractivity contribution in [1.82, 2.24) is 0 Å². The van der Waals surface area contributed by atoms with Crippen LogP contribution >= 0.6 is 15.6 Å². The van der Waals surface area contributed by atoms with E-state index in [-0.39, 0.29) is 25.7 Å². The van der Waals surface area contributed by atoms with Crippen molar-refractivity contribution in [2.45, 2.75) is 380 Å². The lowest BCUT2D eigenvalue weighted by Crippen LogP contribution is -2.30. The number of hydrogen-bond donors (Lipinski definition) is 3. The van der Waals surface area contributed by atoms with Gasteiger partial charge in [0.15, 0.2) is 12.2 Å². The molecule has 0 aromatic rings. The fraction of sp³-hybridized carbons (Fsp3) is 0.783. The van der Waals surface area contributed by atoms with E-state index in [1.165, 1.54) is 135 Å². The van der Waals surface area contributed by atoms with Crippen LogP contribution in [-0.2, 0) is 65.4 Å². The maximum atomic E-state index is 13.1. The van der Waals surface area contributed by atoms with E-state index in [2.05, 4.69) is 101 Å². The summed E-state index contributed by atoms with van der Waals surface area (Å²) in [7, 11) is -9.97. The number of rotatable bonds is 77. The normalized spacial score (nSPS) is 14.3. The molecule has 0 heterocycles. The van der Waals surface area contributed by atoms with Crippen LogP contribution in [0.5, 0.6) is 0 Å². The third-order valence-corrected chi connectivity index (χ3v) is 19.2. The van der Waals surface area contributed by atoms with Crippen molar-refractivity contribution in [3.8, 4) is 0 Å². The highest BCUT2D eigenvalue weighted by atomic mass is 31.2. The molecular weight excluding hydrogens is 1330 g/mol. The molecule has 2 unspecified atom stereocenters. The highest BCUT2D eigenvalue weighted by Gasteiger charge is 2.30. The Morgan fingerprint density at radius 1 is 0.275 bits per heavy atom. The molecule has 0 spiro atoms. The second-order valence-electron chi connectivity index (χ2n) is 27.3. The van der Waals surface area contributed by atoms with Crippen molar-refractivity contribution in [3.05, 3.63) is 85.1 Å². The molecule has 0 rings (SSSR count). The molecule has 0 aliphatic heterocycles. The standard InChI is InChI=1S/C83H148O17P2/c1-5-9-13-17-21-25-29-33-37-38-42-46-50-54-58-62-66-70-83(88)100-79(74-94-81(86)68-64-60-56-52-48-44-40-35-31-27-23-19-15-11-7-3)76-98-102(91,92)96-72-77(84)71-95-101(89,90)97-75-78(99-82(87)69-65-61-57-53-49-45-41-36-32-28-24-20-16-12-8-4)73-93-80(85)67-63-59-55-51-47-43-39-34-30-26-22-18-14-10-6-2/h21,25-26,30,33,35-37,40-42,46,54,58,77-79,84H,5-20,22-24,27-29,31-32,34,38-39,43-45,47-53,55-57,59-76H2,1-4H3,(H,89,90)(H,91,92)/b25-21-,30-26-,37-33-,40-35-,41-36-,46-42-,58-54-/t77-,78+,79+/m0/s1. The summed E-state index contributed by atoms with van der Waals surface area (Å²) >= 11 is 0. The molecule has 17 nitrogen and oxygen atoms in total. The van der Waals surface area contributed by atoms with Crippen LogP contribution in [0.3, 0.4) is 0 Å². The van der Waals surface area contributed by atoms with Gasteiger partial charge in [0.05, 0.1) is 26.4 Å². The van der Waals surface area contributed by atoms with Crippen LogP contribution < -0.4 is 0 Å². The van der Waals surface area contributed by atoms with Gasteiger partial charge >= 0.3 is 39.5 Å². The topological polar surface area (TPSA) is 237 Å². The van der Waals surface area contributed by atoms with Gasteiger partial charge in [-0.1, -0.05) is 280 Å². The molecule has 5 atom stereocenters. The van der Waals surface area contributed by atoms with Crippen LogP contribution in [0.2, 0.25) is 0 Å². The molecule has 0 fully saturated rings. The summed E-state index contributed by atoms with van der Waals surface area (Å²) in [6.07, 6.45) is 78.5. The van der Waals surface area contributed by atoms with Gasteiger partial charge in [-0.25, -0.2) is 9.13 Å². The van der Waals surface area contributed by atoms with Crippen LogP contribution in [0.1, 0.15) is 362 Å². The van der Waals surface area contributed by atoms with E-state index in [0.29, 0.717) is 32.1 Å². The van der Waals surface area contributed by atoms with Crippen molar-refractivity contribution in [2.75, 3.05) is 39.6 Å². The third kappa shape index (κ3) is 74.5. The molecule has 0 aliphatic carbocycles. The Labute approximate surface area is 621 Å². The summed E-state index contributed by atoms with van der Waals surface area (Å²) in [5.74, 6) is -2.24. The average Bonchev–Trinajstić information content (AvgIpc) is 0.917. The maximum Gasteiger partial charge on any atom is 0.472 e. The number of ether oxygens (including phenoxy) is 4. The molecule has 19 heteroatoms. The fourth-order valence-corrected chi connectivity index (χ4v) is 12.6. The Balaban J connectivity index is 5.41. The van der Waals surface area contributed by atoms with Gasteiger partial charge in [0.1, 0.15) is 19.3 Å². The van der Waals surface area contributed by atoms with Crippen LogP contribution in [0.4, 0.5) is 0 Å². The summed E-state index contributed by atoms with van der Waals surface area (Å²) in [5, 5.41) is 10.6. The number of aliphatic hydroxyl groups excluding tert-OH is 1. The summed E-state index contributed by atoms with van der Waals surface area (Å²) in [6, 6.07) is 0. The first-order valence-corrected chi connectivity index (χ1v) is 43.8. The number of aliphatic hydroxyl groups is 1. The fourth-order valence-electron chi connectivity index (χ4n) is 11.0. The van der Waals surface area contributed by atoms with Gasteiger partial charge in [-0.3, -0.25) is 37.3 Å². The molecule has 0 amide bonds. The van der Waals surface area contributed by atoms with E-state index in [9.17, 15) is 43.2 Å². The molecule has 592 valence electrons. The predicted molar refractivity (Wildman–Crippen MR) is 418 cm³/mol. The lowest BCUT2D eigenvalue weighted by atomic mass is 10.1. The molecule has 0 saturated heterocycles. The second-order valence-corrected chi connectivity index (χ2v) is 30.3. The van der Waals surface area contributed by atoms with Gasteiger partial charge in [0, 0.05) is 25.7 Å². The van der Waals surface area contributed by atoms with Gasteiger partial charge in [0.2, 0.25) is 0 Å². The number of esters is 4. The SMILES string of the molecule is CCCCC/C=C\C/C=C\C/C=C\C/C=C\CCCC(=O)O[C@H](COC(=O)CCCCCCC/C=C\CCCCCCCC)COP(=O)(O)OC[C@@H](O)COP(=O)(O)OC[C@@H](COC(=O)CCCCCCCCC/C=C\CCCCCC)OC(=O)CCCCCCC/C=C\CCCCCCCC. The highest BCUT2D eigenvalue weighted by molar-refractivity contribution is 7.47. The quantitative estimate of drug-likeness (QED) is 0.0169. The first-order valence-electron chi connectivity index (χ1n) is 40.8. The minimum Gasteiger partial charge on any atom is -0.462 e. The largest absolute Gasteiger partial charge is 0.472 e. The third-order valence-electron chi connectivity index (χ3n) is 17.3. The van der Waals surface area contributed by atoms with Gasteiger partial charge in [-0.2, -0.15) is 0 Å².